The van der Waals surface area contributed by atoms with Gasteiger partial charge in [0.15, 0.2) is 5.13 Å². The van der Waals surface area contributed by atoms with Crippen LogP contribution in [0, 0.1) is 0 Å². The molecule has 0 aliphatic carbocycles. The molecule has 0 bridgehead atoms. The molecule has 0 radical (unpaired) electrons. The number of hydrogen-bond donors (Lipinski definition) is 2. The van der Waals surface area contributed by atoms with Crippen molar-refractivity contribution in [2.24, 2.45) is 0 Å². The highest BCUT2D eigenvalue weighted by Gasteiger charge is 2.18. The van der Waals surface area contributed by atoms with E-state index in [0.717, 1.165) is 5.56 Å². The third kappa shape index (κ3) is 4.39. The number of nitrogens with zero attached hydrogens (tertiary/aromatic N) is 1. The molecule has 1 amide bonds. The molecule has 2 aromatic rings. The Morgan fingerprint density at radius 1 is 1.22 bits per heavy atom. The first-order valence-corrected chi connectivity index (χ1v) is 8.08. The summed E-state index contributed by atoms with van der Waals surface area (Å²) in [5.74, 6) is -1.15. The molecule has 0 saturated carbocycles. The Balaban J connectivity index is 2.41. The van der Waals surface area contributed by atoms with Gasteiger partial charge in [-0.2, -0.15) is 0 Å². The lowest BCUT2D eigenvalue weighted by atomic mass is 9.86. The first-order chi connectivity index (χ1) is 10.7. The predicted molar refractivity (Wildman–Crippen MR) is 91.9 cm³/mol. The highest BCUT2D eigenvalue weighted by molar-refractivity contribution is 7.16. The quantitative estimate of drug-likeness (QED) is 0.895. The molecule has 2 N–H and O–H groups in total. The van der Waals surface area contributed by atoms with Gasteiger partial charge in [-0.1, -0.05) is 45.0 Å². The zero-order valence-corrected chi connectivity index (χ0v) is 14.5. The van der Waals surface area contributed by atoms with Crippen molar-refractivity contribution in [1.82, 2.24) is 4.98 Å². The van der Waals surface area contributed by atoms with E-state index in [9.17, 15) is 9.59 Å². The van der Waals surface area contributed by atoms with Gasteiger partial charge in [-0.05, 0) is 11.0 Å². The molecule has 23 heavy (non-hydrogen) atoms. The number of amides is 1. The minimum Gasteiger partial charge on any atom is -0.481 e. The number of benzene rings is 1. The fourth-order valence-corrected chi connectivity index (χ4v) is 3.19. The summed E-state index contributed by atoms with van der Waals surface area (Å²) in [6, 6.07) is 7.94. The van der Waals surface area contributed by atoms with E-state index in [1.807, 2.05) is 24.3 Å². The molecular weight excluding hydrogens is 312 g/mol. The highest BCUT2D eigenvalue weighted by Crippen LogP contribution is 2.33. The van der Waals surface area contributed by atoms with Gasteiger partial charge in [-0.25, -0.2) is 4.98 Å². The second kappa shape index (κ2) is 6.50. The van der Waals surface area contributed by atoms with Crippen molar-refractivity contribution in [2.45, 2.75) is 39.5 Å². The molecule has 6 heteroatoms. The van der Waals surface area contributed by atoms with Gasteiger partial charge < -0.3 is 10.4 Å². The van der Waals surface area contributed by atoms with Crippen LogP contribution in [0.3, 0.4) is 0 Å². The monoisotopic (exact) mass is 332 g/mol. The molecule has 122 valence electrons. The zero-order chi connectivity index (χ0) is 17.2. The number of carboxylic acid groups (broad SMARTS) is 1. The molecule has 1 heterocycles. The normalized spacial score (nSPS) is 11.3. The number of carbonyl (C=O) groups is 2. The Hall–Kier alpha value is -2.21. The fourth-order valence-electron chi connectivity index (χ4n) is 2.17. The average Bonchev–Trinajstić information content (AvgIpc) is 2.78. The van der Waals surface area contributed by atoms with Crippen LogP contribution < -0.4 is 5.32 Å². The Morgan fingerprint density at radius 2 is 1.83 bits per heavy atom. The van der Waals surface area contributed by atoms with Crippen molar-refractivity contribution < 1.29 is 14.7 Å². The van der Waals surface area contributed by atoms with Crippen LogP contribution in [-0.4, -0.2) is 22.0 Å². The van der Waals surface area contributed by atoms with Gasteiger partial charge in [0.05, 0.1) is 12.1 Å². The Morgan fingerprint density at radius 3 is 2.30 bits per heavy atom. The van der Waals surface area contributed by atoms with Crippen molar-refractivity contribution >= 4 is 28.3 Å². The van der Waals surface area contributed by atoms with E-state index >= 15 is 0 Å². The third-order valence-corrected chi connectivity index (χ3v) is 4.29. The van der Waals surface area contributed by atoms with Gasteiger partial charge >= 0.3 is 5.97 Å². The number of hydrogen-bond acceptors (Lipinski definition) is 4. The number of rotatable bonds is 4. The maximum Gasteiger partial charge on any atom is 0.308 e. The number of aliphatic carboxylic acids is 1. The summed E-state index contributed by atoms with van der Waals surface area (Å²) in [5.41, 5.74) is 2.70. The maximum atomic E-state index is 11.2. The maximum absolute atomic E-state index is 11.2. The van der Waals surface area contributed by atoms with Crippen molar-refractivity contribution in [2.75, 3.05) is 5.32 Å². The summed E-state index contributed by atoms with van der Waals surface area (Å²) in [4.78, 5) is 27.3. The van der Waals surface area contributed by atoms with E-state index in [1.165, 1.54) is 23.8 Å². The Labute approximate surface area is 139 Å². The third-order valence-electron chi connectivity index (χ3n) is 3.32. The van der Waals surface area contributed by atoms with E-state index in [1.54, 1.807) is 0 Å². The highest BCUT2D eigenvalue weighted by atomic mass is 32.1. The Kier molecular flexibility index (Phi) is 4.85. The molecule has 1 aromatic heterocycles. The molecule has 0 saturated heterocycles. The molecule has 5 nitrogen and oxygen atoms in total. The van der Waals surface area contributed by atoms with Crippen LogP contribution >= 0.6 is 11.3 Å². The summed E-state index contributed by atoms with van der Waals surface area (Å²) >= 11 is 1.20. The van der Waals surface area contributed by atoms with Crippen LogP contribution in [-0.2, 0) is 21.4 Å². The van der Waals surface area contributed by atoms with Gasteiger partial charge in [-0.3, -0.25) is 9.59 Å². The van der Waals surface area contributed by atoms with Gasteiger partial charge in [0.25, 0.3) is 0 Å². The molecular formula is C17H20N2O3S. The van der Waals surface area contributed by atoms with E-state index in [2.05, 4.69) is 31.1 Å². The lowest BCUT2D eigenvalue weighted by molar-refractivity contribution is -0.136. The summed E-state index contributed by atoms with van der Waals surface area (Å²) in [7, 11) is 0. The van der Waals surface area contributed by atoms with Crippen molar-refractivity contribution in [3.05, 3.63) is 34.7 Å². The van der Waals surface area contributed by atoms with Crippen LogP contribution in [0.1, 0.15) is 38.1 Å². The second-order valence-electron chi connectivity index (χ2n) is 6.37. The van der Waals surface area contributed by atoms with E-state index in [0.29, 0.717) is 15.7 Å². The van der Waals surface area contributed by atoms with Crippen molar-refractivity contribution in [1.29, 1.82) is 0 Å². The second-order valence-corrected chi connectivity index (χ2v) is 7.45. The number of thiazole rings is 1. The molecule has 0 aliphatic rings. The topological polar surface area (TPSA) is 79.3 Å². The standard InChI is InChI=1S/C17H20N2O3S/c1-10(20)18-16-19-15(13(23-16)9-14(21)22)11-5-7-12(8-6-11)17(2,3)4/h5-8H,9H2,1-4H3,(H,21,22)(H,18,19,20). The van der Waals surface area contributed by atoms with E-state index < -0.39 is 5.97 Å². The number of aromatic nitrogens is 1. The summed E-state index contributed by atoms with van der Waals surface area (Å²) in [6.07, 6.45) is -0.117. The lowest BCUT2D eigenvalue weighted by Gasteiger charge is -2.19. The minimum absolute atomic E-state index is 0.0475. The van der Waals surface area contributed by atoms with Crippen LogP contribution in [0.5, 0.6) is 0 Å². The molecule has 0 aliphatic heterocycles. The largest absolute Gasteiger partial charge is 0.481 e. The first kappa shape index (κ1) is 17.1. The Bertz CT molecular complexity index is 727. The summed E-state index contributed by atoms with van der Waals surface area (Å²) < 4.78 is 0. The molecule has 0 unspecified atom stereocenters. The summed E-state index contributed by atoms with van der Waals surface area (Å²) in [6.45, 7) is 7.80. The predicted octanol–water partition coefficient (Wildman–Crippen LogP) is 3.69. The lowest BCUT2D eigenvalue weighted by Crippen LogP contribution is -2.10. The fraction of sp³-hybridized carbons (Fsp3) is 0.353. The van der Waals surface area contributed by atoms with Crippen LogP contribution in [0.25, 0.3) is 11.3 Å². The van der Waals surface area contributed by atoms with Crippen LogP contribution in [0.2, 0.25) is 0 Å². The van der Waals surface area contributed by atoms with Crippen molar-refractivity contribution in [3.63, 3.8) is 0 Å². The summed E-state index contributed by atoms with van der Waals surface area (Å²) in [5, 5.41) is 12.1. The first-order valence-electron chi connectivity index (χ1n) is 7.27. The van der Waals surface area contributed by atoms with Gasteiger partial charge in [0, 0.05) is 17.4 Å². The minimum atomic E-state index is -0.921. The van der Waals surface area contributed by atoms with Crippen molar-refractivity contribution in [3.8, 4) is 11.3 Å². The van der Waals surface area contributed by atoms with Gasteiger partial charge in [-0.15, -0.1) is 11.3 Å². The van der Waals surface area contributed by atoms with Gasteiger partial charge in [0.1, 0.15) is 0 Å². The van der Waals surface area contributed by atoms with Gasteiger partial charge in [0.2, 0.25) is 5.91 Å². The van der Waals surface area contributed by atoms with Crippen LogP contribution in [0.4, 0.5) is 5.13 Å². The molecule has 2 rings (SSSR count). The van der Waals surface area contributed by atoms with Crippen LogP contribution in [0.15, 0.2) is 24.3 Å². The SMILES string of the molecule is CC(=O)Nc1nc(-c2ccc(C(C)(C)C)cc2)c(CC(=O)O)s1. The number of anilines is 1. The zero-order valence-electron chi connectivity index (χ0n) is 13.6. The number of carboxylic acids is 1. The molecule has 0 fully saturated rings. The smallest absolute Gasteiger partial charge is 0.308 e. The van der Waals surface area contributed by atoms with E-state index in [4.69, 9.17) is 5.11 Å². The molecule has 0 spiro atoms. The molecule has 0 atom stereocenters. The average molecular weight is 332 g/mol. The van der Waals surface area contributed by atoms with E-state index in [-0.39, 0.29) is 17.7 Å². The molecule has 1 aromatic carbocycles. The number of carbonyl (C=O) groups excluding carboxylic acids is 1. The number of nitrogens with one attached hydrogen (secondary N) is 1.